The fourth-order valence-electron chi connectivity index (χ4n) is 1.82. The molecule has 0 heterocycles. The predicted molar refractivity (Wildman–Crippen MR) is 47.5 cm³/mol. The van der Waals surface area contributed by atoms with Gasteiger partial charge in [0, 0.05) is 12.1 Å². The van der Waals surface area contributed by atoms with Gasteiger partial charge in [0.2, 0.25) is 0 Å². The molecule has 0 saturated heterocycles. The summed E-state index contributed by atoms with van der Waals surface area (Å²) < 4.78 is 0. The number of rotatable bonds is 2. The van der Waals surface area contributed by atoms with Crippen LogP contribution in [0.1, 0.15) is 25.7 Å². The molecule has 11 heavy (non-hydrogen) atoms. The fraction of sp³-hybridized carbons (Fsp3) is 0.600. The number of allylic oxidation sites excluding steroid dienone is 2. The lowest BCUT2D eigenvalue weighted by molar-refractivity contribution is 0.515. The molecule has 1 heteroatoms. The summed E-state index contributed by atoms with van der Waals surface area (Å²) in [6.45, 7) is 0. The maximum atomic E-state index is 3.60. The second kappa shape index (κ2) is 3.22. The molecule has 0 fully saturated rings. The molecule has 0 aromatic carbocycles. The zero-order valence-corrected chi connectivity index (χ0v) is 6.79. The SMILES string of the molecule is C1=CC(NC2C=CCC2)CC1. The number of hydrogen-bond acceptors (Lipinski definition) is 1. The van der Waals surface area contributed by atoms with Crippen molar-refractivity contribution in [2.24, 2.45) is 0 Å². The summed E-state index contributed by atoms with van der Waals surface area (Å²) in [5.41, 5.74) is 0. The lowest BCUT2D eigenvalue weighted by atomic mass is 10.2. The Balaban J connectivity index is 1.80. The van der Waals surface area contributed by atoms with Gasteiger partial charge in [-0.3, -0.25) is 0 Å². The van der Waals surface area contributed by atoms with Gasteiger partial charge in [0.05, 0.1) is 0 Å². The third-order valence-corrected chi connectivity index (χ3v) is 2.45. The van der Waals surface area contributed by atoms with Crippen molar-refractivity contribution in [3.05, 3.63) is 24.3 Å². The quantitative estimate of drug-likeness (QED) is 0.592. The van der Waals surface area contributed by atoms with Gasteiger partial charge in [0.15, 0.2) is 0 Å². The maximum Gasteiger partial charge on any atom is 0.0258 e. The van der Waals surface area contributed by atoms with Gasteiger partial charge in [0.1, 0.15) is 0 Å². The first kappa shape index (κ1) is 7.11. The van der Waals surface area contributed by atoms with Crippen LogP contribution in [0.2, 0.25) is 0 Å². The predicted octanol–water partition coefficient (Wildman–Crippen LogP) is 2.01. The molecule has 0 aromatic rings. The van der Waals surface area contributed by atoms with E-state index in [1.807, 2.05) is 0 Å². The molecular formula is C10H15N. The number of hydrogen-bond donors (Lipinski definition) is 1. The third-order valence-electron chi connectivity index (χ3n) is 2.45. The minimum atomic E-state index is 0.655. The van der Waals surface area contributed by atoms with Crippen molar-refractivity contribution in [2.75, 3.05) is 0 Å². The monoisotopic (exact) mass is 149 g/mol. The van der Waals surface area contributed by atoms with Gasteiger partial charge >= 0.3 is 0 Å². The first-order chi connectivity index (χ1) is 5.45. The molecule has 2 aliphatic rings. The molecule has 2 aliphatic carbocycles. The Kier molecular flexibility index (Phi) is 2.08. The van der Waals surface area contributed by atoms with Crippen LogP contribution in [0.15, 0.2) is 24.3 Å². The Morgan fingerprint density at radius 2 is 1.45 bits per heavy atom. The van der Waals surface area contributed by atoms with E-state index in [1.165, 1.54) is 25.7 Å². The second-order valence-corrected chi connectivity index (χ2v) is 3.39. The van der Waals surface area contributed by atoms with Crippen LogP contribution in [-0.4, -0.2) is 12.1 Å². The van der Waals surface area contributed by atoms with E-state index in [4.69, 9.17) is 0 Å². The van der Waals surface area contributed by atoms with E-state index < -0.39 is 0 Å². The molecule has 0 amide bonds. The van der Waals surface area contributed by atoms with E-state index in [2.05, 4.69) is 29.6 Å². The first-order valence-corrected chi connectivity index (χ1v) is 4.54. The van der Waals surface area contributed by atoms with Gasteiger partial charge in [-0.1, -0.05) is 24.3 Å². The van der Waals surface area contributed by atoms with Gasteiger partial charge < -0.3 is 5.32 Å². The Bertz CT molecular complexity index is 161. The normalized spacial score (nSPS) is 35.3. The summed E-state index contributed by atoms with van der Waals surface area (Å²) in [5.74, 6) is 0. The van der Waals surface area contributed by atoms with E-state index in [0.717, 1.165) is 0 Å². The summed E-state index contributed by atoms with van der Waals surface area (Å²) in [4.78, 5) is 0. The van der Waals surface area contributed by atoms with Crippen molar-refractivity contribution >= 4 is 0 Å². The van der Waals surface area contributed by atoms with Crippen LogP contribution in [0.3, 0.4) is 0 Å². The Morgan fingerprint density at radius 3 is 1.82 bits per heavy atom. The van der Waals surface area contributed by atoms with Gasteiger partial charge in [-0.25, -0.2) is 0 Å². The van der Waals surface area contributed by atoms with Crippen LogP contribution in [0.4, 0.5) is 0 Å². The van der Waals surface area contributed by atoms with E-state index in [1.54, 1.807) is 0 Å². The van der Waals surface area contributed by atoms with Gasteiger partial charge in [-0.15, -0.1) is 0 Å². The molecule has 1 nitrogen and oxygen atoms in total. The smallest absolute Gasteiger partial charge is 0.0258 e. The van der Waals surface area contributed by atoms with Crippen molar-refractivity contribution in [3.63, 3.8) is 0 Å². The van der Waals surface area contributed by atoms with E-state index in [0.29, 0.717) is 12.1 Å². The highest BCUT2D eigenvalue weighted by atomic mass is 14.9. The molecule has 0 spiro atoms. The molecule has 2 unspecified atom stereocenters. The second-order valence-electron chi connectivity index (χ2n) is 3.39. The molecule has 1 N–H and O–H groups in total. The molecular weight excluding hydrogens is 134 g/mol. The van der Waals surface area contributed by atoms with Crippen LogP contribution < -0.4 is 5.32 Å². The van der Waals surface area contributed by atoms with Gasteiger partial charge in [-0.05, 0) is 25.7 Å². The number of nitrogens with one attached hydrogen (secondary N) is 1. The van der Waals surface area contributed by atoms with E-state index >= 15 is 0 Å². The summed E-state index contributed by atoms with van der Waals surface area (Å²) in [6.07, 6.45) is 14.3. The largest absolute Gasteiger partial charge is 0.304 e. The van der Waals surface area contributed by atoms with Crippen LogP contribution in [0.5, 0.6) is 0 Å². The van der Waals surface area contributed by atoms with Crippen molar-refractivity contribution in [2.45, 2.75) is 37.8 Å². The van der Waals surface area contributed by atoms with E-state index in [-0.39, 0.29) is 0 Å². The average molecular weight is 149 g/mol. The summed E-state index contributed by atoms with van der Waals surface area (Å²) in [7, 11) is 0. The lowest BCUT2D eigenvalue weighted by Crippen LogP contribution is -2.33. The zero-order valence-electron chi connectivity index (χ0n) is 6.79. The Hall–Kier alpha value is -0.560. The molecule has 0 radical (unpaired) electrons. The van der Waals surface area contributed by atoms with Crippen molar-refractivity contribution in [1.29, 1.82) is 0 Å². The topological polar surface area (TPSA) is 12.0 Å². The molecule has 0 bridgehead atoms. The molecule has 60 valence electrons. The highest BCUT2D eigenvalue weighted by Crippen LogP contribution is 2.14. The summed E-state index contributed by atoms with van der Waals surface area (Å²) >= 11 is 0. The average Bonchev–Trinajstić information content (AvgIpc) is 2.60. The van der Waals surface area contributed by atoms with Crippen molar-refractivity contribution in [3.8, 4) is 0 Å². The van der Waals surface area contributed by atoms with Gasteiger partial charge in [-0.2, -0.15) is 0 Å². The van der Waals surface area contributed by atoms with Crippen LogP contribution in [0.25, 0.3) is 0 Å². The molecule has 0 aromatic heterocycles. The highest BCUT2D eigenvalue weighted by Gasteiger charge is 2.14. The molecule has 0 aliphatic heterocycles. The van der Waals surface area contributed by atoms with Crippen molar-refractivity contribution < 1.29 is 0 Å². The lowest BCUT2D eigenvalue weighted by Gasteiger charge is -2.15. The highest BCUT2D eigenvalue weighted by molar-refractivity contribution is 5.07. The van der Waals surface area contributed by atoms with E-state index in [9.17, 15) is 0 Å². The zero-order chi connectivity index (χ0) is 7.52. The molecule has 2 rings (SSSR count). The van der Waals surface area contributed by atoms with Crippen LogP contribution in [-0.2, 0) is 0 Å². The fourth-order valence-corrected chi connectivity index (χ4v) is 1.82. The first-order valence-electron chi connectivity index (χ1n) is 4.54. The molecule has 2 atom stereocenters. The standard InChI is InChI=1S/C10H15N/c1-2-6-9(5-1)11-10-7-3-4-8-10/h1,3,5,7,9-11H,2,4,6,8H2. The minimum Gasteiger partial charge on any atom is -0.304 e. The summed E-state index contributed by atoms with van der Waals surface area (Å²) in [5, 5.41) is 3.60. The molecule has 0 saturated carbocycles. The third kappa shape index (κ3) is 1.72. The Labute approximate surface area is 68.2 Å². The van der Waals surface area contributed by atoms with Crippen LogP contribution in [0, 0.1) is 0 Å². The van der Waals surface area contributed by atoms with Gasteiger partial charge in [0.25, 0.3) is 0 Å². The van der Waals surface area contributed by atoms with Crippen molar-refractivity contribution in [1.82, 2.24) is 5.32 Å². The Morgan fingerprint density at radius 1 is 0.909 bits per heavy atom. The van der Waals surface area contributed by atoms with Crippen LogP contribution >= 0.6 is 0 Å². The minimum absolute atomic E-state index is 0.655. The summed E-state index contributed by atoms with van der Waals surface area (Å²) in [6, 6.07) is 1.31. The maximum absolute atomic E-state index is 3.60.